The molecule has 1 aromatic rings. The Labute approximate surface area is 118 Å². The van der Waals surface area contributed by atoms with Crippen molar-refractivity contribution in [3.63, 3.8) is 0 Å². The number of alkyl halides is 6. The number of benzene rings is 1. The van der Waals surface area contributed by atoms with Gasteiger partial charge in [-0.2, -0.15) is 26.3 Å². The summed E-state index contributed by atoms with van der Waals surface area (Å²) in [6.07, 6.45) is -10.6. The molecule has 1 rings (SSSR count). The highest BCUT2D eigenvalue weighted by molar-refractivity contribution is 5.93. The molecule has 0 aliphatic heterocycles. The van der Waals surface area contributed by atoms with Gasteiger partial charge in [0.25, 0.3) is 5.69 Å². The molecule has 0 aliphatic carbocycles. The molecule has 0 aliphatic rings. The summed E-state index contributed by atoms with van der Waals surface area (Å²) in [4.78, 5) is 20.5. The van der Waals surface area contributed by atoms with Gasteiger partial charge >= 0.3 is 18.3 Å². The smallest absolute Gasteiger partial charge is 0.423 e. The minimum Gasteiger partial charge on any atom is -0.462 e. The van der Waals surface area contributed by atoms with Gasteiger partial charge in [-0.25, -0.2) is 4.79 Å². The van der Waals surface area contributed by atoms with Gasteiger partial charge in [0.2, 0.25) is 0 Å². The van der Waals surface area contributed by atoms with Crippen molar-refractivity contribution in [1.82, 2.24) is 0 Å². The molecule has 0 atom stereocenters. The summed E-state index contributed by atoms with van der Waals surface area (Å²) >= 11 is 0. The Morgan fingerprint density at radius 3 is 2.09 bits per heavy atom. The largest absolute Gasteiger partial charge is 0.462 e. The molecule has 0 unspecified atom stereocenters. The maximum atomic E-state index is 12.9. The van der Waals surface area contributed by atoms with Crippen LogP contribution >= 0.6 is 0 Å². The van der Waals surface area contributed by atoms with Gasteiger partial charge in [-0.05, 0) is 13.0 Å². The number of ether oxygens (including phenoxy) is 1. The molecule has 0 fully saturated rings. The van der Waals surface area contributed by atoms with E-state index in [2.05, 4.69) is 4.74 Å². The standard InChI is InChI=1S/C11H7F6NO4/c1-2-22-9(19)6-3-5(10(12,13)14)4-7(18(20)21)8(6)11(15,16)17/h3-4H,2H2,1H3. The van der Waals surface area contributed by atoms with E-state index in [0.29, 0.717) is 0 Å². The lowest BCUT2D eigenvalue weighted by Gasteiger charge is -2.15. The Bertz CT molecular complexity index is 608. The number of nitro groups is 1. The normalized spacial score (nSPS) is 12.1. The molecule has 11 heteroatoms. The molecule has 0 saturated carbocycles. The Morgan fingerprint density at radius 2 is 1.73 bits per heavy atom. The molecule has 5 nitrogen and oxygen atoms in total. The second-order valence-electron chi connectivity index (χ2n) is 3.89. The van der Waals surface area contributed by atoms with Gasteiger partial charge in [-0.3, -0.25) is 10.1 Å². The first-order valence-corrected chi connectivity index (χ1v) is 5.53. The number of halogens is 6. The summed E-state index contributed by atoms with van der Waals surface area (Å²) in [6, 6.07) is -0.390. The Morgan fingerprint density at radius 1 is 1.18 bits per heavy atom. The molecule has 0 bridgehead atoms. The number of nitro benzene ring substituents is 1. The fraction of sp³-hybridized carbons (Fsp3) is 0.364. The third-order valence-electron chi connectivity index (χ3n) is 2.42. The minimum absolute atomic E-state index is 0.117. The number of esters is 1. The number of carbonyl (C=O) groups excluding carboxylic acids is 1. The number of rotatable bonds is 3. The van der Waals surface area contributed by atoms with Gasteiger partial charge in [0.1, 0.15) is 5.56 Å². The molecule has 0 saturated heterocycles. The summed E-state index contributed by atoms with van der Waals surface area (Å²) in [5, 5.41) is 10.7. The predicted molar refractivity (Wildman–Crippen MR) is 59.1 cm³/mol. The third kappa shape index (κ3) is 3.65. The van der Waals surface area contributed by atoms with E-state index in [1.807, 2.05) is 0 Å². The first-order chi connectivity index (χ1) is 9.89. The van der Waals surface area contributed by atoms with Gasteiger partial charge in [0, 0.05) is 6.07 Å². The Hall–Kier alpha value is -2.33. The minimum atomic E-state index is -5.41. The van der Waals surface area contributed by atoms with Crippen molar-refractivity contribution >= 4 is 11.7 Å². The lowest BCUT2D eigenvalue weighted by atomic mass is 10.0. The fourth-order valence-corrected chi connectivity index (χ4v) is 1.60. The van der Waals surface area contributed by atoms with Crippen LogP contribution in [-0.2, 0) is 17.1 Å². The molecule has 0 N–H and O–H groups in total. The van der Waals surface area contributed by atoms with Crippen LogP contribution < -0.4 is 0 Å². The van der Waals surface area contributed by atoms with Crippen molar-refractivity contribution in [3.8, 4) is 0 Å². The van der Waals surface area contributed by atoms with Crippen molar-refractivity contribution in [2.75, 3.05) is 6.61 Å². The summed E-state index contributed by atoms with van der Waals surface area (Å²) in [7, 11) is 0. The van der Waals surface area contributed by atoms with E-state index in [1.54, 1.807) is 0 Å². The summed E-state index contributed by atoms with van der Waals surface area (Å²) in [5.41, 5.74) is -7.26. The number of nitrogens with zero attached hydrogens (tertiary/aromatic N) is 1. The highest BCUT2D eigenvalue weighted by Crippen LogP contribution is 2.42. The van der Waals surface area contributed by atoms with E-state index in [0.717, 1.165) is 0 Å². The second-order valence-corrected chi connectivity index (χ2v) is 3.89. The van der Waals surface area contributed by atoms with E-state index in [1.165, 1.54) is 6.92 Å². The van der Waals surface area contributed by atoms with E-state index >= 15 is 0 Å². The monoisotopic (exact) mass is 331 g/mol. The van der Waals surface area contributed by atoms with Crippen LogP contribution in [0.4, 0.5) is 32.0 Å². The highest BCUT2D eigenvalue weighted by atomic mass is 19.4. The topological polar surface area (TPSA) is 69.4 Å². The molecular formula is C11H7F6NO4. The zero-order valence-corrected chi connectivity index (χ0v) is 10.7. The maximum Gasteiger partial charge on any atom is 0.423 e. The SMILES string of the molecule is CCOC(=O)c1cc(C(F)(F)F)cc([N+](=O)[O-])c1C(F)(F)F. The summed E-state index contributed by atoms with van der Waals surface area (Å²) < 4.78 is 80.8. The van der Waals surface area contributed by atoms with Crippen molar-refractivity contribution in [2.24, 2.45) is 0 Å². The highest BCUT2D eigenvalue weighted by Gasteiger charge is 2.45. The first-order valence-electron chi connectivity index (χ1n) is 5.53. The molecular weight excluding hydrogens is 324 g/mol. The van der Waals surface area contributed by atoms with E-state index < -0.39 is 52.2 Å². The molecule has 0 heterocycles. The second kappa shape index (κ2) is 5.81. The average Bonchev–Trinajstić information content (AvgIpc) is 2.35. The molecule has 0 spiro atoms. The van der Waals surface area contributed by atoms with Crippen LogP contribution in [-0.4, -0.2) is 17.5 Å². The average molecular weight is 331 g/mol. The van der Waals surface area contributed by atoms with Crippen LogP contribution in [0, 0.1) is 10.1 Å². The lowest BCUT2D eigenvalue weighted by Crippen LogP contribution is -2.19. The van der Waals surface area contributed by atoms with Crippen LogP contribution in [0.5, 0.6) is 0 Å². The zero-order chi connectivity index (χ0) is 17.3. The molecule has 0 radical (unpaired) electrons. The zero-order valence-electron chi connectivity index (χ0n) is 10.7. The molecule has 22 heavy (non-hydrogen) atoms. The van der Waals surface area contributed by atoms with Crippen molar-refractivity contribution in [1.29, 1.82) is 0 Å². The molecule has 0 amide bonds. The van der Waals surface area contributed by atoms with E-state index in [-0.39, 0.29) is 12.1 Å². The van der Waals surface area contributed by atoms with E-state index in [4.69, 9.17) is 0 Å². The third-order valence-corrected chi connectivity index (χ3v) is 2.42. The quantitative estimate of drug-likeness (QED) is 0.365. The van der Waals surface area contributed by atoms with Crippen LogP contribution in [0.25, 0.3) is 0 Å². The Balaban J connectivity index is 3.79. The predicted octanol–water partition coefficient (Wildman–Crippen LogP) is 3.81. The van der Waals surface area contributed by atoms with Crippen LogP contribution in [0.2, 0.25) is 0 Å². The summed E-state index contributed by atoms with van der Waals surface area (Å²) in [5.74, 6) is -1.73. The number of carbonyl (C=O) groups is 1. The Kier molecular flexibility index (Phi) is 4.68. The molecule has 122 valence electrons. The maximum absolute atomic E-state index is 12.9. The fourth-order valence-electron chi connectivity index (χ4n) is 1.60. The lowest BCUT2D eigenvalue weighted by molar-refractivity contribution is -0.388. The van der Waals surface area contributed by atoms with Crippen LogP contribution in [0.15, 0.2) is 12.1 Å². The van der Waals surface area contributed by atoms with Gasteiger partial charge in [0.15, 0.2) is 0 Å². The van der Waals surface area contributed by atoms with Gasteiger partial charge < -0.3 is 4.74 Å². The number of hydrogen-bond acceptors (Lipinski definition) is 4. The van der Waals surface area contributed by atoms with E-state index in [9.17, 15) is 41.3 Å². The van der Waals surface area contributed by atoms with Gasteiger partial charge in [-0.15, -0.1) is 0 Å². The number of hydrogen-bond donors (Lipinski definition) is 0. The van der Waals surface area contributed by atoms with Gasteiger partial charge in [-0.1, -0.05) is 0 Å². The van der Waals surface area contributed by atoms with Crippen molar-refractivity contribution in [2.45, 2.75) is 19.3 Å². The molecule has 1 aromatic carbocycles. The molecule has 0 aromatic heterocycles. The van der Waals surface area contributed by atoms with Crippen molar-refractivity contribution in [3.05, 3.63) is 38.9 Å². The van der Waals surface area contributed by atoms with Crippen LogP contribution in [0.3, 0.4) is 0 Å². The summed E-state index contributed by atoms with van der Waals surface area (Å²) in [6.45, 7) is 0.799. The first kappa shape index (κ1) is 17.7. The van der Waals surface area contributed by atoms with Gasteiger partial charge in [0.05, 0.1) is 22.7 Å². The van der Waals surface area contributed by atoms with Crippen molar-refractivity contribution < 1.29 is 40.8 Å². The van der Waals surface area contributed by atoms with Crippen LogP contribution in [0.1, 0.15) is 28.4 Å².